The maximum absolute atomic E-state index is 12.9. The van der Waals surface area contributed by atoms with Crippen LogP contribution in [-0.2, 0) is 23.9 Å². The van der Waals surface area contributed by atoms with Crippen LogP contribution in [0.5, 0.6) is 0 Å². The Kier molecular flexibility index (Phi) is 5.19. The first-order chi connectivity index (χ1) is 10.7. The molecule has 123 valence electrons. The quantitative estimate of drug-likeness (QED) is 0.760. The van der Waals surface area contributed by atoms with Crippen LogP contribution in [-0.4, -0.2) is 10.9 Å². The van der Waals surface area contributed by atoms with Gasteiger partial charge in [-0.3, -0.25) is 4.79 Å². The van der Waals surface area contributed by atoms with Crippen LogP contribution in [0.15, 0.2) is 30.5 Å². The fourth-order valence-corrected chi connectivity index (χ4v) is 2.68. The zero-order chi connectivity index (χ0) is 17.2. The molecule has 1 radical (unpaired) electrons. The van der Waals surface area contributed by atoms with Crippen LogP contribution >= 0.6 is 11.6 Å². The molecule has 0 bridgehead atoms. The molecule has 2 nitrogen and oxygen atoms in total. The topological polar surface area (TPSA) is 22.0 Å². The standard InChI is InChI=1S/C17H16ClF3NO/c1-11(2)5-13-6-14(10-23)22(9-13)8-12-3-4-16(18)15(7-12)17(19,20)21/h3-4,6-7,9,11H,5,8H2,1-2H3. The van der Waals surface area contributed by atoms with Crippen molar-refractivity contribution >= 4 is 17.9 Å². The second-order valence-corrected chi connectivity index (χ2v) is 6.28. The number of aromatic nitrogens is 1. The summed E-state index contributed by atoms with van der Waals surface area (Å²) in [6.45, 7) is 4.26. The molecule has 2 rings (SSSR count). The zero-order valence-corrected chi connectivity index (χ0v) is 13.5. The third kappa shape index (κ3) is 4.38. The van der Waals surface area contributed by atoms with Gasteiger partial charge in [0.15, 0.2) is 0 Å². The zero-order valence-electron chi connectivity index (χ0n) is 12.7. The molecule has 1 heterocycles. The first-order valence-corrected chi connectivity index (χ1v) is 7.51. The number of halogens is 4. The van der Waals surface area contributed by atoms with Crippen molar-refractivity contribution in [2.75, 3.05) is 0 Å². The molecular weight excluding hydrogens is 327 g/mol. The SMILES string of the molecule is CC(C)Cc1cc([C]=O)n(Cc2ccc(Cl)c(C(F)(F)F)c2)c1. The first-order valence-electron chi connectivity index (χ1n) is 7.13. The molecule has 0 fully saturated rings. The third-order valence-electron chi connectivity index (χ3n) is 3.39. The normalized spacial score (nSPS) is 12.0. The molecule has 0 unspecified atom stereocenters. The van der Waals surface area contributed by atoms with Crippen molar-refractivity contribution in [1.82, 2.24) is 4.57 Å². The molecule has 0 aliphatic carbocycles. The van der Waals surface area contributed by atoms with Gasteiger partial charge in [-0.15, -0.1) is 0 Å². The maximum Gasteiger partial charge on any atom is 0.417 e. The Morgan fingerprint density at radius 3 is 2.48 bits per heavy atom. The highest BCUT2D eigenvalue weighted by Gasteiger charge is 2.33. The van der Waals surface area contributed by atoms with Crippen LogP contribution in [0.3, 0.4) is 0 Å². The molecule has 23 heavy (non-hydrogen) atoms. The third-order valence-corrected chi connectivity index (χ3v) is 3.72. The number of benzene rings is 1. The van der Waals surface area contributed by atoms with Crippen molar-refractivity contribution in [1.29, 1.82) is 0 Å². The molecule has 1 aromatic heterocycles. The average Bonchev–Trinajstić information content (AvgIpc) is 2.80. The van der Waals surface area contributed by atoms with E-state index in [9.17, 15) is 18.0 Å². The van der Waals surface area contributed by atoms with Gasteiger partial charge in [0.05, 0.1) is 16.3 Å². The number of nitrogens with zero attached hydrogens (tertiary/aromatic N) is 1. The summed E-state index contributed by atoms with van der Waals surface area (Å²) >= 11 is 5.61. The highest BCUT2D eigenvalue weighted by atomic mass is 35.5. The van der Waals surface area contributed by atoms with E-state index >= 15 is 0 Å². The summed E-state index contributed by atoms with van der Waals surface area (Å²) < 4.78 is 40.3. The Balaban J connectivity index is 2.32. The van der Waals surface area contributed by atoms with Gasteiger partial charge in [-0.2, -0.15) is 13.2 Å². The van der Waals surface area contributed by atoms with E-state index in [2.05, 4.69) is 13.8 Å². The maximum atomic E-state index is 12.9. The van der Waals surface area contributed by atoms with Crippen LogP contribution in [0.1, 0.15) is 36.2 Å². The van der Waals surface area contributed by atoms with Gasteiger partial charge in [0, 0.05) is 12.7 Å². The molecule has 0 saturated heterocycles. The lowest BCUT2D eigenvalue weighted by molar-refractivity contribution is -0.137. The minimum atomic E-state index is -4.51. The van der Waals surface area contributed by atoms with Gasteiger partial charge in [-0.05, 0) is 41.7 Å². The van der Waals surface area contributed by atoms with Crippen molar-refractivity contribution in [2.24, 2.45) is 5.92 Å². The molecule has 6 heteroatoms. The molecule has 0 amide bonds. The summed E-state index contributed by atoms with van der Waals surface area (Å²) in [5.74, 6) is 0.415. The lowest BCUT2D eigenvalue weighted by atomic mass is 10.1. The van der Waals surface area contributed by atoms with Gasteiger partial charge in [0.2, 0.25) is 0 Å². The van der Waals surface area contributed by atoms with E-state index in [1.165, 1.54) is 12.1 Å². The van der Waals surface area contributed by atoms with Crippen LogP contribution in [0.25, 0.3) is 0 Å². The monoisotopic (exact) mass is 342 g/mol. The largest absolute Gasteiger partial charge is 0.417 e. The Labute approximate surface area is 137 Å². The van der Waals surface area contributed by atoms with Crippen LogP contribution in [0.4, 0.5) is 13.2 Å². The van der Waals surface area contributed by atoms with Crippen LogP contribution in [0.2, 0.25) is 5.02 Å². The number of rotatable bonds is 5. The van der Waals surface area contributed by atoms with Gasteiger partial charge < -0.3 is 4.57 Å². The van der Waals surface area contributed by atoms with Gasteiger partial charge in [0.25, 0.3) is 6.29 Å². The Hall–Kier alpha value is -1.75. The first kappa shape index (κ1) is 17.6. The van der Waals surface area contributed by atoms with E-state index in [1.54, 1.807) is 16.8 Å². The molecule has 0 aliphatic rings. The summed E-state index contributed by atoms with van der Waals surface area (Å²) in [6, 6.07) is 5.48. The Morgan fingerprint density at radius 2 is 1.91 bits per heavy atom. The predicted molar refractivity (Wildman–Crippen MR) is 83.3 cm³/mol. The molecule has 1 aromatic carbocycles. The van der Waals surface area contributed by atoms with Gasteiger partial charge >= 0.3 is 6.18 Å². The molecular formula is C17H16ClF3NO. The second kappa shape index (κ2) is 6.79. The Morgan fingerprint density at radius 1 is 1.22 bits per heavy atom. The molecule has 0 saturated carbocycles. The predicted octanol–water partition coefficient (Wildman–Crippen LogP) is 4.86. The highest BCUT2D eigenvalue weighted by Crippen LogP contribution is 2.35. The van der Waals surface area contributed by atoms with Crippen molar-refractivity contribution in [3.63, 3.8) is 0 Å². The lowest BCUT2D eigenvalue weighted by Crippen LogP contribution is -2.08. The summed E-state index contributed by atoms with van der Waals surface area (Å²) in [5, 5.41) is -0.337. The molecule has 0 spiro atoms. The van der Waals surface area contributed by atoms with Crippen LogP contribution in [0, 0.1) is 5.92 Å². The van der Waals surface area contributed by atoms with Crippen molar-refractivity contribution in [3.05, 3.63) is 57.9 Å². The van der Waals surface area contributed by atoms with E-state index in [-0.39, 0.29) is 11.6 Å². The second-order valence-electron chi connectivity index (χ2n) is 5.87. The lowest BCUT2D eigenvalue weighted by Gasteiger charge is -2.12. The number of carbonyl (C=O) groups excluding carboxylic acids is 1. The van der Waals surface area contributed by atoms with Crippen molar-refractivity contribution < 1.29 is 18.0 Å². The van der Waals surface area contributed by atoms with E-state index < -0.39 is 11.7 Å². The van der Waals surface area contributed by atoms with E-state index in [1.807, 2.05) is 6.29 Å². The number of alkyl halides is 3. The van der Waals surface area contributed by atoms with E-state index in [0.717, 1.165) is 18.1 Å². The highest BCUT2D eigenvalue weighted by molar-refractivity contribution is 6.31. The minimum Gasteiger partial charge on any atom is -0.340 e. The van der Waals surface area contributed by atoms with E-state index in [0.29, 0.717) is 17.2 Å². The number of hydrogen-bond donors (Lipinski definition) is 0. The average molecular weight is 343 g/mol. The van der Waals surface area contributed by atoms with Gasteiger partial charge in [-0.25, -0.2) is 0 Å². The van der Waals surface area contributed by atoms with Crippen molar-refractivity contribution in [3.8, 4) is 0 Å². The fourth-order valence-electron chi connectivity index (χ4n) is 2.45. The smallest absolute Gasteiger partial charge is 0.340 e. The summed E-state index contributed by atoms with van der Waals surface area (Å²) in [4.78, 5) is 11.1. The number of hydrogen-bond acceptors (Lipinski definition) is 1. The minimum absolute atomic E-state index is 0.156. The molecule has 0 atom stereocenters. The van der Waals surface area contributed by atoms with Gasteiger partial charge in [0.1, 0.15) is 0 Å². The molecule has 2 aromatic rings. The molecule has 0 N–H and O–H groups in total. The molecule has 0 aliphatic heterocycles. The van der Waals surface area contributed by atoms with Crippen LogP contribution < -0.4 is 0 Å². The Bertz CT molecular complexity index is 704. The van der Waals surface area contributed by atoms with Crippen molar-refractivity contribution in [2.45, 2.75) is 33.0 Å². The summed E-state index contributed by atoms with van der Waals surface area (Å²) in [6.07, 6.45) is -0.110. The summed E-state index contributed by atoms with van der Waals surface area (Å²) in [5.41, 5.74) is 0.834. The van der Waals surface area contributed by atoms with Gasteiger partial charge in [-0.1, -0.05) is 31.5 Å². The fraction of sp³-hybridized carbons (Fsp3) is 0.353. The summed E-state index contributed by atoms with van der Waals surface area (Å²) in [7, 11) is 0. The van der Waals surface area contributed by atoms with E-state index in [4.69, 9.17) is 11.6 Å².